The van der Waals surface area contributed by atoms with Crippen LogP contribution in [0, 0.1) is 18.8 Å². The molecule has 1 aromatic carbocycles. The summed E-state index contributed by atoms with van der Waals surface area (Å²) in [6.07, 6.45) is 1.37. The molecule has 32 heavy (non-hydrogen) atoms. The summed E-state index contributed by atoms with van der Waals surface area (Å²) in [5, 5.41) is 9.80. The summed E-state index contributed by atoms with van der Waals surface area (Å²) >= 11 is 0. The maximum absolute atomic E-state index is 12.8. The van der Waals surface area contributed by atoms with Gasteiger partial charge in [0.05, 0.1) is 5.41 Å². The van der Waals surface area contributed by atoms with Gasteiger partial charge < -0.3 is 20.1 Å². The molecule has 3 amide bonds. The molecule has 1 saturated carbocycles. The third kappa shape index (κ3) is 4.11. The molecular formula is C23H29N5O4. The van der Waals surface area contributed by atoms with Gasteiger partial charge in [-0.25, -0.2) is 0 Å². The first-order valence-corrected chi connectivity index (χ1v) is 11.0. The van der Waals surface area contributed by atoms with Gasteiger partial charge in [-0.15, -0.1) is 0 Å². The highest BCUT2D eigenvalue weighted by molar-refractivity contribution is 5.95. The molecule has 0 bridgehead atoms. The fraction of sp³-hybridized carbons (Fsp3) is 0.522. The van der Waals surface area contributed by atoms with E-state index in [9.17, 15) is 14.4 Å². The average Bonchev–Trinajstić information content (AvgIpc) is 3.40. The van der Waals surface area contributed by atoms with Crippen LogP contribution < -0.4 is 10.6 Å². The van der Waals surface area contributed by atoms with Crippen LogP contribution >= 0.6 is 0 Å². The number of hydrogen-bond acceptors (Lipinski definition) is 6. The number of likely N-dealkylation sites (tertiary alicyclic amines) is 1. The van der Waals surface area contributed by atoms with Gasteiger partial charge in [-0.3, -0.25) is 14.4 Å². The average molecular weight is 440 g/mol. The third-order valence-electron chi connectivity index (χ3n) is 6.44. The van der Waals surface area contributed by atoms with Crippen molar-refractivity contribution in [3.63, 3.8) is 0 Å². The lowest BCUT2D eigenvalue weighted by Crippen LogP contribution is -2.40. The van der Waals surface area contributed by atoms with Crippen molar-refractivity contribution in [1.82, 2.24) is 20.4 Å². The third-order valence-corrected chi connectivity index (χ3v) is 6.44. The van der Waals surface area contributed by atoms with Gasteiger partial charge in [0.25, 0.3) is 5.91 Å². The molecule has 170 valence electrons. The highest BCUT2D eigenvalue weighted by Crippen LogP contribution is 2.50. The van der Waals surface area contributed by atoms with Crippen LogP contribution in [0.5, 0.6) is 0 Å². The fourth-order valence-electron chi connectivity index (χ4n) is 5.02. The Balaban J connectivity index is 1.49. The highest BCUT2D eigenvalue weighted by atomic mass is 16.5. The summed E-state index contributed by atoms with van der Waals surface area (Å²) in [4.78, 5) is 43.1. The van der Waals surface area contributed by atoms with Crippen molar-refractivity contribution in [2.75, 3.05) is 18.4 Å². The SMILES string of the molecule is CC(=O)Nc1ccc(C(=O)N[C@@H]2CC3CN(C(=O)C(C)C)C[C@@]3(c3nc(C)no3)C2)cc1. The number of hydrogen-bond donors (Lipinski definition) is 2. The molecule has 0 radical (unpaired) electrons. The van der Waals surface area contributed by atoms with E-state index >= 15 is 0 Å². The van der Waals surface area contributed by atoms with Crippen LogP contribution in [-0.2, 0) is 15.0 Å². The second-order valence-electron chi connectivity index (χ2n) is 9.24. The second kappa shape index (κ2) is 8.37. The normalized spacial score (nSPS) is 24.5. The number of carbonyl (C=O) groups is 3. The van der Waals surface area contributed by atoms with E-state index in [4.69, 9.17) is 4.52 Å². The maximum atomic E-state index is 12.8. The van der Waals surface area contributed by atoms with Crippen LogP contribution in [-0.4, -0.2) is 51.9 Å². The van der Waals surface area contributed by atoms with Crippen molar-refractivity contribution in [2.45, 2.75) is 52.0 Å². The van der Waals surface area contributed by atoms with Gasteiger partial charge in [-0.1, -0.05) is 19.0 Å². The Labute approximate surface area is 186 Å². The molecule has 1 saturated heterocycles. The Morgan fingerprint density at radius 1 is 1.22 bits per heavy atom. The number of rotatable bonds is 5. The van der Waals surface area contributed by atoms with E-state index in [-0.39, 0.29) is 35.6 Å². The Morgan fingerprint density at radius 2 is 1.94 bits per heavy atom. The minimum absolute atomic E-state index is 0.0639. The molecular weight excluding hydrogens is 410 g/mol. The summed E-state index contributed by atoms with van der Waals surface area (Å²) in [6.45, 7) is 8.17. The molecule has 0 spiro atoms. The Hall–Kier alpha value is -3.23. The van der Waals surface area contributed by atoms with E-state index in [0.29, 0.717) is 42.5 Å². The molecule has 1 aliphatic heterocycles. The van der Waals surface area contributed by atoms with Crippen molar-refractivity contribution in [2.24, 2.45) is 11.8 Å². The van der Waals surface area contributed by atoms with Crippen LogP contribution in [0.25, 0.3) is 0 Å². The number of nitrogens with zero attached hydrogens (tertiary/aromatic N) is 3. The molecule has 2 fully saturated rings. The molecule has 2 aromatic rings. The zero-order valence-electron chi connectivity index (χ0n) is 18.8. The molecule has 1 aliphatic carbocycles. The summed E-state index contributed by atoms with van der Waals surface area (Å²) in [5.74, 6) is 0.963. The minimum atomic E-state index is -0.445. The van der Waals surface area contributed by atoms with Crippen LogP contribution in [0.4, 0.5) is 5.69 Å². The van der Waals surface area contributed by atoms with Crippen LogP contribution in [0.3, 0.4) is 0 Å². The minimum Gasteiger partial charge on any atom is -0.349 e. The van der Waals surface area contributed by atoms with Crippen molar-refractivity contribution in [1.29, 1.82) is 0 Å². The predicted octanol–water partition coefficient (Wildman–Crippen LogP) is 2.28. The van der Waals surface area contributed by atoms with Crippen molar-refractivity contribution >= 4 is 23.4 Å². The van der Waals surface area contributed by atoms with Gasteiger partial charge >= 0.3 is 0 Å². The van der Waals surface area contributed by atoms with Crippen LogP contribution in [0.2, 0.25) is 0 Å². The zero-order chi connectivity index (χ0) is 23.0. The van der Waals surface area contributed by atoms with Gasteiger partial charge in [0.1, 0.15) is 0 Å². The molecule has 2 N–H and O–H groups in total. The maximum Gasteiger partial charge on any atom is 0.251 e. The first kappa shape index (κ1) is 22.0. The van der Waals surface area contributed by atoms with Crippen LogP contribution in [0.15, 0.2) is 28.8 Å². The molecule has 2 heterocycles. The zero-order valence-corrected chi connectivity index (χ0v) is 18.8. The number of fused-ring (bicyclic) bond motifs is 1. The van der Waals surface area contributed by atoms with E-state index < -0.39 is 5.41 Å². The Kier molecular flexibility index (Phi) is 5.75. The molecule has 3 atom stereocenters. The topological polar surface area (TPSA) is 117 Å². The summed E-state index contributed by atoms with van der Waals surface area (Å²) in [5.41, 5.74) is 0.722. The lowest BCUT2D eigenvalue weighted by atomic mass is 9.80. The van der Waals surface area contributed by atoms with E-state index in [1.54, 1.807) is 31.2 Å². The molecule has 1 unspecified atom stereocenters. The van der Waals surface area contributed by atoms with Gasteiger partial charge in [-0.2, -0.15) is 4.98 Å². The molecule has 9 heteroatoms. The quantitative estimate of drug-likeness (QED) is 0.738. The molecule has 1 aromatic heterocycles. The first-order valence-electron chi connectivity index (χ1n) is 11.0. The number of carbonyl (C=O) groups excluding carboxylic acids is 3. The predicted molar refractivity (Wildman–Crippen MR) is 117 cm³/mol. The Morgan fingerprint density at radius 3 is 2.53 bits per heavy atom. The molecule has 9 nitrogen and oxygen atoms in total. The fourth-order valence-corrected chi connectivity index (χ4v) is 5.02. The lowest BCUT2D eigenvalue weighted by molar-refractivity contribution is -0.133. The van der Waals surface area contributed by atoms with E-state index in [0.717, 1.165) is 6.42 Å². The van der Waals surface area contributed by atoms with Gasteiger partial charge in [-0.05, 0) is 49.9 Å². The number of amides is 3. The van der Waals surface area contributed by atoms with Gasteiger partial charge in [0.15, 0.2) is 5.82 Å². The lowest BCUT2D eigenvalue weighted by Gasteiger charge is -2.26. The van der Waals surface area contributed by atoms with Crippen molar-refractivity contribution < 1.29 is 18.9 Å². The van der Waals surface area contributed by atoms with Crippen molar-refractivity contribution in [3.8, 4) is 0 Å². The van der Waals surface area contributed by atoms with Crippen LogP contribution in [0.1, 0.15) is 55.7 Å². The van der Waals surface area contributed by atoms with E-state index in [1.165, 1.54) is 6.92 Å². The number of nitrogens with one attached hydrogen (secondary N) is 2. The van der Waals surface area contributed by atoms with Gasteiger partial charge in [0.2, 0.25) is 17.7 Å². The van der Waals surface area contributed by atoms with E-state index in [1.807, 2.05) is 18.7 Å². The summed E-state index contributed by atoms with van der Waals surface area (Å²) in [6, 6.07) is 6.73. The number of benzene rings is 1. The summed E-state index contributed by atoms with van der Waals surface area (Å²) < 4.78 is 5.58. The standard InChI is InChI=1S/C23H29N5O4/c1-13(2)21(31)28-11-17-9-19(10-23(17,12-28)22-24-14(3)27-32-22)26-20(30)16-5-7-18(8-6-16)25-15(4)29/h5-8,13,17,19H,9-12H2,1-4H3,(H,25,29)(H,26,30)/t17?,19-,23+/m1/s1. The first-order chi connectivity index (χ1) is 15.2. The second-order valence-corrected chi connectivity index (χ2v) is 9.24. The van der Waals surface area contributed by atoms with E-state index in [2.05, 4.69) is 20.8 Å². The molecule has 2 aliphatic rings. The van der Waals surface area contributed by atoms with Gasteiger partial charge in [0, 0.05) is 43.2 Å². The van der Waals surface area contributed by atoms with Crippen molar-refractivity contribution in [3.05, 3.63) is 41.5 Å². The smallest absolute Gasteiger partial charge is 0.251 e. The Bertz CT molecular complexity index is 1030. The summed E-state index contributed by atoms with van der Waals surface area (Å²) in [7, 11) is 0. The largest absolute Gasteiger partial charge is 0.349 e. The number of anilines is 1. The highest BCUT2D eigenvalue weighted by Gasteiger charge is 2.58. The number of aryl methyl sites for hydroxylation is 1. The molecule has 4 rings (SSSR count). The monoisotopic (exact) mass is 439 g/mol. The number of aromatic nitrogens is 2.